The highest BCUT2D eigenvalue weighted by Crippen LogP contribution is 2.28. The normalized spacial score (nSPS) is 13.7. The number of amides is 2. The fraction of sp³-hybridized carbons (Fsp3) is 0.143. The third kappa shape index (κ3) is 2.81. The lowest BCUT2D eigenvalue weighted by Crippen LogP contribution is -2.29. The van der Waals surface area contributed by atoms with E-state index in [4.69, 9.17) is 9.84 Å². The Balaban J connectivity index is 2.44. The third-order valence-electron chi connectivity index (χ3n) is 2.78. The number of aromatic carboxylic acids is 1. The van der Waals surface area contributed by atoms with Crippen LogP contribution in [0, 0.1) is 0 Å². The number of rotatable bonds is 4. The smallest absolute Gasteiger partial charge is 0.339 e. The molecule has 0 saturated heterocycles. The number of carbonyl (C=O) groups excluding carboxylic acids is 3. The van der Waals surface area contributed by atoms with Crippen LogP contribution in [-0.2, 0) is 14.4 Å². The Morgan fingerprint density at radius 3 is 2.33 bits per heavy atom. The molecular formula is C14H11NO6. The van der Waals surface area contributed by atoms with E-state index in [2.05, 4.69) is 0 Å². The van der Waals surface area contributed by atoms with Crippen molar-refractivity contribution in [3.8, 4) is 5.75 Å². The maximum atomic E-state index is 11.6. The molecule has 0 saturated carbocycles. The third-order valence-corrected chi connectivity index (χ3v) is 2.78. The molecule has 0 bridgehead atoms. The fourth-order valence-corrected chi connectivity index (χ4v) is 1.76. The van der Waals surface area contributed by atoms with Crippen LogP contribution in [0.25, 0.3) is 0 Å². The molecule has 0 spiro atoms. The second-order valence-electron chi connectivity index (χ2n) is 4.16. The lowest BCUT2D eigenvalue weighted by molar-refractivity contribution is -0.134. The lowest BCUT2D eigenvalue weighted by atomic mass is 10.1. The highest BCUT2D eigenvalue weighted by molar-refractivity contribution is 6.28. The van der Waals surface area contributed by atoms with Gasteiger partial charge in [-0.2, -0.15) is 0 Å². The second kappa shape index (κ2) is 5.58. The topological polar surface area (TPSA) is 101 Å². The molecule has 7 nitrogen and oxygen atoms in total. The first-order valence-corrected chi connectivity index (χ1v) is 6.08. The van der Waals surface area contributed by atoms with Crippen LogP contribution in [0.5, 0.6) is 5.75 Å². The van der Waals surface area contributed by atoms with Gasteiger partial charge in [0.25, 0.3) is 11.8 Å². The van der Waals surface area contributed by atoms with Crippen molar-refractivity contribution in [3.05, 3.63) is 35.9 Å². The van der Waals surface area contributed by atoms with Crippen molar-refractivity contribution in [1.29, 1.82) is 0 Å². The predicted octanol–water partition coefficient (Wildman–Crippen LogP) is 1.13. The molecule has 2 amide bonds. The molecule has 0 aromatic heterocycles. The number of carbonyl (C=O) groups is 4. The number of carboxylic acids is 1. The molecule has 108 valence electrons. The number of ether oxygens (including phenoxy) is 1. The quantitative estimate of drug-likeness (QED) is 0.506. The van der Waals surface area contributed by atoms with Crippen LogP contribution in [0.15, 0.2) is 30.4 Å². The van der Waals surface area contributed by atoms with Crippen LogP contribution in [0.1, 0.15) is 23.7 Å². The molecule has 7 heteroatoms. The predicted molar refractivity (Wildman–Crippen MR) is 71.0 cm³/mol. The van der Waals surface area contributed by atoms with E-state index >= 15 is 0 Å². The average molecular weight is 289 g/mol. The average Bonchev–Trinajstić information content (AvgIpc) is 2.77. The summed E-state index contributed by atoms with van der Waals surface area (Å²) in [5, 5.41) is 9.06. The van der Waals surface area contributed by atoms with Gasteiger partial charge in [-0.1, -0.05) is 6.92 Å². The summed E-state index contributed by atoms with van der Waals surface area (Å²) in [6, 6.07) is 3.66. The van der Waals surface area contributed by atoms with Gasteiger partial charge in [-0.05, 0) is 12.1 Å². The minimum atomic E-state index is -1.28. The molecule has 0 fully saturated rings. The van der Waals surface area contributed by atoms with Gasteiger partial charge in [-0.15, -0.1) is 0 Å². The van der Waals surface area contributed by atoms with Crippen LogP contribution >= 0.6 is 0 Å². The first kappa shape index (κ1) is 14.4. The molecule has 1 aliphatic heterocycles. The van der Waals surface area contributed by atoms with Crippen LogP contribution in [0.3, 0.4) is 0 Å². The van der Waals surface area contributed by atoms with Crippen molar-refractivity contribution in [1.82, 2.24) is 0 Å². The first-order valence-electron chi connectivity index (χ1n) is 6.08. The van der Waals surface area contributed by atoms with Crippen molar-refractivity contribution < 1.29 is 29.0 Å². The Morgan fingerprint density at radius 1 is 1.19 bits per heavy atom. The van der Waals surface area contributed by atoms with E-state index in [0.29, 0.717) is 0 Å². The minimum absolute atomic E-state index is 0.0619. The SMILES string of the molecule is CCC(=O)Oc1cc(N2C(=O)C=CC2=O)ccc1C(=O)O. The van der Waals surface area contributed by atoms with Gasteiger partial charge >= 0.3 is 11.9 Å². The van der Waals surface area contributed by atoms with Gasteiger partial charge in [0.05, 0.1) is 5.69 Å². The zero-order chi connectivity index (χ0) is 15.6. The molecule has 0 radical (unpaired) electrons. The molecule has 0 atom stereocenters. The van der Waals surface area contributed by atoms with Gasteiger partial charge in [0, 0.05) is 24.6 Å². The Bertz CT molecular complexity index is 658. The van der Waals surface area contributed by atoms with Crippen LogP contribution in [0.2, 0.25) is 0 Å². The number of esters is 1. The summed E-state index contributed by atoms with van der Waals surface area (Å²) in [4.78, 5) is 46.5. The van der Waals surface area contributed by atoms with E-state index in [1.165, 1.54) is 18.2 Å². The summed E-state index contributed by atoms with van der Waals surface area (Å²) < 4.78 is 4.94. The Hall–Kier alpha value is -2.96. The van der Waals surface area contributed by atoms with E-state index in [1.54, 1.807) is 6.92 Å². The zero-order valence-electron chi connectivity index (χ0n) is 11.0. The van der Waals surface area contributed by atoms with E-state index in [0.717, 1.165) is 17.1 Å². The first-order chi connectivity index (χ1) is 9.93. The molecule has 1 N–H and O–H groups in total. The van der Waals surface area contributed by atoms with Gasteiger partial charge in [-0.3, -0.25) is 14.4 Å². The number of hydrogen-bond acceptors (Lipinski definition) is 5. The van der Waals surface area contributed by atoms with Gasteiger partial charge in [0.1, 0.15) is 11.3 Å². The number of imide groups is 1. The molecule has 1 aromatic rings. The van der Waals surface area contributed by atoms with Crippen LogP contribution in [-0.4, -0.2) is 28.9 Å². The summed E-state index contributed by atoms with van der Waals surface area (Å²) in [5.41, 5.74) is -0.0912. The molecule has 0 unspecified atom stereocenters. The Labute approximate surface area is 119 Å². The monoisotopic (exact) mass is 289 g/mol. The number of benzene rings is 1. The second-order valence-corrected chi connectivity index (χ2v) is 4.16. The summed E-state index contributed by atoms with van der Waals surface area (Å²) in [6.07, 6.45) is 2.27. The van der Waals surface area contributed by atoms with Gasteiger partial charge in [0.15, 0.2) is 0 Å². The largest absolute Gasteiger partial charge is 0.478 e. The highest BCUT2D eigenvalue weighted by atomic mass is 16.5. The summed E-state index contributed by atoms with van der Waals surface area (Å²) >= 11 is 0. The van der Waals surface area contributed by atoms with Crippen molar-refractivity contribution in [2.24, 2.45) is 0 Å². The maximum Gasteiger partial charge on any atom is 0.339 e. The Kier molecular flexibility index (Phi) is 3.84. The molecule has 0 aliphatic carbocycles. The molecule has 1 aromatic carbocycles. The summed E-state index contributed by atoms with van der Waals surface area (Å²) in [5.74, 6) is -3.20. The van der Waals surface area contributed by atoms with Crippen molar-refractivity contribution in [2.45, 2.75) is 13.3 Å². The fourth-order valence-electron chi connectivity index (χ4n) is 1.76. The number of anilines is 1. The molecular weight excluding hydrogens is 278 g/mol. The van der Waals surface area contributed by atoms with E-state index in [1.807, 2.05) is 0 Å². The maximum absolute atomic E-state index is 11.6. The zero-order valence-corrected chi connectivity index (χ0v) is 11.0. The Morgan fingerprint density at radius 2 is 1.81 bits per heavy atom. The van der Waals surface area contributed by atoms with Gasteiger partial charge in [-0.25, -0.2) is 9.69 Å². The van der Waals surface area contributed by atoms with Crippen molar-refractivity contribution >= 4 is 29.4 Å². The standard InChI is InChI=1S/C14H11NO6/c1-2-13(18)21-10-7-8(3-4-9(10)14(19)20)15-11(16)5-6-12(15)17/h3-7H,2H2,1H3,(H,19,20). The van der Waals surface area contributed by atoms with E-state index in [9.17, 15) is 19.2 Å². The van der Waals surface area contributed by atoms with Gasteiger partial charge < -0.3 is 9.84 Å². The van der Waals surface area contributed by atoms with Crippen LogP contribution < -0.4 is 9.64 Å². The number of hydrogen-bond donors (Lipinski definition) is 1. The lowest BCUT2D eigenvalue weighted by Gasteiger charge is -2.16. The van der Waals surface area contributed by atoms with E-state index < -0.39 is 23.8 Å². The number of carboxylic acid groups (broad SMARTS) is 1. The van der Waals surface area contributed by atoms with Crippen molar-refractivity contribution in [3.63, 3.8) is 0 Å². The highest BCUT2D eigenvalue weighted by Gasteiger charge is 2.27. The van der Waals surface area contributed by atoms with Gasteiger partial charge in [0.2, 0.25) is 0 Å². The molecule has 1 aliphatic rings. The molecule has 2 rings (SSSR count). The summed E-state index contributed by atoms with van der Waals surface area (Å²) in [6.45, 7) is 1.56. The number of nitrogens with zero attached hydrogens (tertiary/aromatic N) is 1. The summed E-state index contributed by atoms with van der Waals surface area (Å²) in [7, 11) is 0. The van der Waals surface area contributed by atoms with E-state index in [-0.39, 0.29) is 23.4 Å². The van der Waals surface area contributed by atoms with Crippen LogP contribution in [0.4, 0.5) is 5.69 Å². The van der Waals surface area contributed by atoms with Crippen molar-refractivity contribution in [2.75, 3.05) is 4.90 Å². The minimum Gasteiger partial charge on any atom is -0.478 e. The molecule has 21 heavy (non-hydrogen) atoms. The molecule has 1 heterocycles.